The Labute approximate surface area is 220 Å². The number of pyridine rings is 1. The topological polar surface area (TPSA) is 83.5 Å². The molecule has 0 unspecified atom stereocenters. The molecule has 1 aliphatic heterocycles. The Bertz CT molecular complexity index is 1070. The second-order valence-electron chi connectivity index (χ2n) is 11.6. The van der Waals surface area contributed by atoms with Gasteiger partial charge in [-0.2, -0.15) is 0 Å². The van der Waals surface area contributed by atoms with Crippen molar-refractivity contribution in [1.29, 1.82) is 0 Å². The second kappa shape index (κ2) is 11.0. The van der Waals surface area contributed by atoms with Crippen LogP contribution in [-0.4, -0.2) is 45.2 Å². The number of aliphatic hydroxyl groups excluding tert-OH is 1. The van der Waals surface area contributed by atoms with Crippen molar-refractivity contribution in [2.45, 2.75) is 89.5 Å². The molecule has 1 aromatic rings. The molecule has 3 aliphatic rings. The van der Waals surface area contributed by atoms with Crippen molar-refractivity contribution < 1.29 is 14.6 Å². The average Bonchev–Trinajstić information content (AvgIpc) is 2.80. The molecule has 194 valence electrons. The van der Waals surface area contributed by atoms with Crippen LogP contribution in [0.5, 0.6) is 5.88 Å². The Kier molecular flexibility index (Phi) is 8.12. The van der Waals surface area contributed by atoms with Crippen molar-refractivity contribution in [3.05, 3.63) is 59.8 Å². The number of hydrogen-bond donors (Lipinski definition) is 3. The van der Waals surface area contributed by atoms with Gasteiger partial charge in [-0.3, -0.25) is 4.79 Å². The van der Waals surface area contributed by atoms with Gasteiger partial charge in [-0.05, 0) is 55.2 Å². The zero-order valence-corrected chi connectivity index (χ0v) is 22.5. The van der Waals surface area contributed by atoms with Crippen molar-refractivity contribution in [3.8, 4) is 5.88 Å². The lowest BCUT2D eigenvalue weighted by Crippen LogP contribution is -2.52. The van der Waals surface area contributed by atoms with Gasteiger partial charge in [-0.25, -0.2) is 4.98 Å². The summed E-state index contributed by atoms with van der Waals surface area (Å²) >= 11 is 5.35. The normalized spacial score (nSPS) is 22.1. The van der Waals surface area contributed by atoms with E-state index in [4.69, 9.17) is 21.9 Å². The van der Waals surface area contributed by atoms with Crippen molar-refractivity contribution in [3.63, 3.8) is 0 Å². The number of ether oxygens (including phenoxy) is 1. The first kappa shape index (κ1) is 26.7. The van der Waals surface area contributed by atoms with Crippen LogP contribution in [0.1, 0.15) is 76.5 Å². The average molecular weight is 510 g/mol. The van der Waals surface area contributed by atoms with Crippen molar-refractivity contribution in [1.82, 2.24) is 15.6 Å². The second-order valence-corrected chi connectivity index (χ2v) is 12.1. The van der Waals surface area contributed by atoms with E-state index in [1.54, 1.807) is 12.2 Å². The fourth-order valence-corrected chi connectivity index (χ4v) is 5.49. The predicted octanol–water partition coefficient (Wildman–Crippen LogP) is 4.68. The van der Waals surface area contributed by atoms with Crippen LogP contribution in [0, 0.1) is 5.41 Å². The van der Waals surface area contributed by atoms with E-state index in [2.05, 4.69) is 44.1 Å². The molecule has 1 amide bonds. The Balaban J connectivity index is 1.47. The summed E-state index contributed by atoms with van der Waals surface area (Å²) in [6.07, 6.45) is 14.4. The summed E-state index contributed by atoms with van der Waals surface area (Å²) in [4.78, 5) is 18.2. The Morgan fingerprint density at radius 2 is 2.19 bits per heavy atom. The summed E-state index contributed by atoms with van der Waals surface area (Å²) in [6, 6.07) is 1.75. The minimum atomic E-state index is -0.797. The number of fused-ring (bicyclic) bond motifs is 1. The minimum Gasteiger partial charge on any atom is -0.471 e. The van der Waals surface area contributed by atoms with Gasteiger partial charge < -0.3 is 20.5 Å². The molecule has 4 rings (SSSR count). The molecule has 0 saturated heterocycles. The van der Waals surface area contributed by atoms with E-state index in [0.717, 1.165) is 37.7 Å². The lowest BCUT2D eigenvalue weighted by Gasteiger charge is -2.47. The van der Waals surface area contributed by atoms with E-state index in [-0.39, 0.29) is 23.0 Å². The number of allylic oxidation sites excluding steroid dienone is 3. The summed E-state index contributed by atoms with van der Waals surface area (Å²) in [6.45, 7) is 10.8. The monoisotopic (exact) mass is 509 g/mol. The summed E-state index contributed by atoms with van der Waals surface area (Å²) < 4.78 is 6.39. The number of carbonyl (C=O) groups is 1. The van der Waals surface area contributed by atoms with Gasteiger partial charge in [-0.15, -0.1) is 6.58 Å². The first-order valence-corrected chi connectivity index (χ1v) is 13.4. The zero-order valence-electron chi connectivity index (χ0n) is 21.7. The molecule has 1 aromatic heterocycles. The molecule has 0 aromatic carbocycles. The Hall–Kier alpha value is -2.35. The molecule has 36 heavy (non-hydrogen) atoms. The maximum absolute atomic E-state index is 12.9. The fourth-order valence-electron chi connectivity index (χ4n) is 5.23. The highest BCUT2D eigenvalue weighted by molar-refractivity contribution is 7.81. The van der Waals surface area contributed by atoms with E-state index >= 15 is 0 Å². The van der Waals surface area contributed by atoms with Crippen LogP contribution >= 0.6 is 12.2 Å². The highest BCUT2D eigenvalue weighted by Gasteiger charge is 2.46. The molecule has 2 aliphatic carbocycles. The number of rotatable bonds is 9. The smallest absolute Gasteiger partial charge is 0.252 e. The number of aliphatic hydroxyl groups is 1. The fraction of sp³-hybridized carbons (Fsp3) is 0.552. The highest BCUT2D eigenvalue weighted by atomic mass is 32.1. The van der Waals surface area contributed by atoms with E-state index < -0.39 is 12.1 Å². The summed E-state index contributed by atoms with van der Waals surface area (Å²) in [5, 5.41) is 17.7. The molecule has 1 spiro atoms. The molecular formula is C29H39N3O3S. The molecule has 2 heterocycles. The predicted molar refractivity (Wildman–Crippen MR) is 147 cm³/mol. The Morgan fingerprint density at radius 3 is 2.83 bits per heavy atom. The van der Waals surface area contributed by atoms with Crippen LogP contribution in [-0.2, 0) is 11.2 Å². The van der Waals surface area contributed by atoms with Crippen LogP contribution in [0.4, 0.5) is 0 Å². The quantitative estimate of drug-likeness (QED) is 0.331. The van der Waals surface area contributed by atoms with Gasteiger partial charge in [0.25, 0.3) is 5.91 Å². The van der Waals surface area contributed by atoms with Crippen molar-refractivity contribution >= 4 is 23.0 Å². The van der Waals surface area contributed by atoms with Gasteiger partial charge in [0, 0.05) is 42.1 Å². The molecule has 3 N–H and O–H groups in total. The number of carbonyl (C=O) groups excluding carboxylic acids is 1. The number of hydrogen-bond acceptors (Lipinski definition) is 6. The molecule has 7 heteroatoms. The highest BCUT2D eigenvalue weighted by Crippen LogP contribution is 2.48. The van der Waals surface area contributed by atoms with E-state index in [1.807, 2.05) is 18.3 Å². The largest absolute Gasteiger partial charge is 0.471 e. The van der Waals surface area contributed by atoms with Crippen LogP contribution < -0.4 is 15.4 Å². The molecule has 3 atom stereocenters. The van der Waals surface area contributed by atoms with Gasteiger partial charge in [0.15, 0.2) is 0 Å². The van der Waals surface area contributed by atoms with Gasteiger partial charge in [-0.1, -0.05) is 51.2 Å². The third kappa shape index (κ3) is 6.31. The lowest BCUT2D eigenvalue weighted by atomic mass is 9.73. The molecular weight excluding hydrogens is 470 g/mol. The van der Waals surface area contributed by atoms with Gasteiger partial charge >= 0.3 is 0 Å². The molecule has 1 saturated carbocycles. The van der Waals surface area contributed by atoms with E-state index in [9.17, 15) is 9.90 Å². The first-order chi connectivity index (χ1) is 17.1. The van der Waals surface area contributed by atoms with Crippen molar-refractivity contribution in [2.24, 2.45) is 5.41 Å². The molecule has 0 radical (unpaired) electrons. The van der Waals surface area contributed by atoms with Gasteiger partial charge in [0.1, 0.15) is 5.60 Å². The van der Waals surface area contributed by atoms with Crippen LogP contribution in [0.15, 0.2) is 48.7 Å². The molecule has 0 bridgehead atoms. The van der Waals surface area contributed by atoms with E-state index in [1.165, 1.54) is 5.56 Å². The van der Waals surface area contributed by atoms with Crippen LogP contribution in [0.2, 0.25) is 0 Å². The summed E-state index contributed by atoms with van der Waals surface area (Å²) in [5.74, 6) is 0.448. The Morgan fingerprint density at radius 1 is 1.42 bits per heavy atom. The molecule has 1 fully saturated rings. The first-order valence-electron chi connectivity index (χ1n) is 13.0. The summed E-state index contributed by atoms with van der Waals surface area (Å²) in [5.41, 5.74) is 2.71. The van der Waals surface area contributed by atoms with Crippen LogP contribution in [0.25, 0.3) is 0 Å². The third-order valence-electron chi connectivity index (χ3n) is 7.22. The number of nitrogens with zero attached hydrogens (tertiary/aromatic N) is 1. The van der Waals surface area contributed by atoms with Gasteiger partial charge in [0.2, 0.25) is 5.88 Å². The number of thiocarbonyl (C=S) groups is 1. The van der Waals surface area contributed by atoms with Gasteiger partial charge in [0.05, 0.1) is 17.7 Å². The number of aromatic nitrogens is 1. The van der Waals surface area contributed by atoms with Crippen molar-refractivity contribution in [2.75, 3.05) is 6.54 Å². The van der Waals surface area contributed by atoms with E-state index in [0.29, 0.717) is 35.7 Å². The number of nitrogens with one attached hydrogen (secondary N) is 2. The zero-order chi connectivity index (χ0) is 25.9. The summed E-state index contributed by atoms with van der Waals surface area (Å²) in [7, 11) is 0. The maximum atomic E-state index is 12.9. The standard InChI is InChI=1S/C29H39N3O3S/c1-5-9-22(32-26(34)20-10-6-7-11-25(20)36)24(33)18-30-23-16-29(12-8-13-29)35-27-21(23)14-19(17-31-27)15-28(2,3)4/h5-7,10,14,17,22-24,30,33H,1,8-9,11-13,15-16,18H2,2-4H3,(H,32,34)/t22-,23-,24+/m0/s1. The third-order valence-corrected chi connectivity index (χ3v) is 7.61. The maximum Gasteiger partial charge on any atom is 0.252 e. The minimum absolute atomic E-state index is 0.0231. The molecule has 6 nitrogen and oxygen atoms in total. The lowest BCUT2D eigenvalue weighted by molar-refractivity contribution is -0.118. The van der Waals surface area contributed by atoms with Crippen LogP contribution in [0.3, 0.4) is 0 Å². The SMILES string of the molecule is C=CC[C@H](NC(=O)C1=CC=CCC1=S)[C@H](O)CN[C@H]1CC2(CCC2)Oc2ncc(CC(C)(C)C)cc21. The number of amides is 1.